The van der Waals surface area contributed by atoms with E-state index >= 15 is 0 Å². The Morgan fingerprint density at radius 3 is 2.81 bits per heavy atom. The van der Waals surface area contributed by atoms with E-state index in [0.717, 1.165) is 25.7 Å². The predicted molar refractivity (Wildman–Crippen MR) is 79.9 cm³/mol. The first-order valence-electron chi connectivity index (χ1n) is 7.19. The Bertz CT molecular complexity index is 637. The van der Waals surface area contributed by atoms with Crippen LogP contribution in [0.3, 0.4) is 0 Å². The zero-order valence-electron chi connectivity index (χ0n) is 12.1. The zero-order valence-corrected chi connectivity index (χ0v) is 12.1. The molecule has 0 aliphatic carbocycles. The lowest BCUT2D eigenvalue weighted by Crippen LogP contribution is -2.43. The fraction of sp³-hybridized carbons (Fsp3) is 0.533. The van der Waals surface area contributed by atoms with Crippen molar-refractivity contribution in [3.63, 3.8) is 0 Å². The van der Waals surface area contributed by atoms with E-state index in [1.165, 1.54) is 6.20 Å². The van der Waals surface area contributed by atoms with Crippen molar-refractivity contribution in [2.75, 3.05) is 11.5 Å². The molecule has 0 spiro atoms. The molecule has 0 unspecified atom stereocenters. The number of nitrogens with two attached hydrogens (primary N) is 2. The van der Waals surface area contributed by atoms with Crippen molar-refractivity contribution in [3.8, 4) is 11.8 Å². The molecule has 1 aromatic rings. The van der Waals surface area contributed by atoms with E-state index in [4.69, 9.17) is 11.5 Å². The molecule has 4 N–H and O–H groups in total. The molecule has 110 valence electrons. The van der Waals surface area contributed by atoms with Crippen LogP contribution in [0, 0.1) is 11.8 Å². The van der Waals surface area contributed by atoms with Gasteiger partial charge in [-0.3, -0.25) is 4.79 Å². The number of carbonyl (C=O) groups is 1. The number of fused-ring (bicyclic) bond motifs is 2. The fourth-order valence-corrected chi connectivity index (χ4v) is 3.69. The molecule has 6 nitrogen and oxygen atoms in total. The molecule has 2 saturated heterocycles. The van der Waals surface area contributed by atoms with Gasteiger partial charge in [0.2, 0.25) is 11.9 Å². The second-order valence-electron chi connectivity index (χ2n) is 5.85. The van der Waals surface area contributed by atoms with E-state index in [9.17, 15) is 4.79 Å². The van der Waals surface area contributed by atoms with Crippen LogP contribution >= 0.6 is 0 Å². The molecule has 21 heavy (non-hydrogen) atoms. The van der Waals surface area contributed by atoms with Crippen LogP contribution in [-0.2, 0) is 4.79 Å². The molecule has 3 heterocycles. The van der Waals surface area contributed by atoms with Gasteiger partial charge in [0.25, 0.3) is 0 Å². The van der Waals surface area contributed by atoms with Gasteiger partial charge >= 0.3 is 0 Å². The average molecular weight is 285 g/mol. The van der Waals surface area contributed by atoms with Crippen molar-refractivity contribution >= 4 is 17.7 Å². The van der Waals surface area contributed by atoms with Gasteiger partial charge < -0.3 is 16.4 Å². The Labute approximate surface area is 123 Å². The lowest BCUT2D eigenvalue weighted by molar-refractivity contribution is -0.132. The molecular weight excluding hydrogens is 266 g/mol. The Kier molecular flexibility index (Phi) is 3.20. The standard InChI is InChI=1S/C15H19N5O/c1-10(21)20-12-4-7-15(20,8-5-12)6-2-3-11-9-18-14(17)19-13(11)16/h9,12H,4-8H2,1H3,(H4,16,17,18,19). The summed E-state index contributed by atoms with van der Waals surface area (Å²) >= 11 is 0. The number of aromatic nitrogens is 2. The third-order valence-electron chi connectivity index (χ3n) is 4.58. The Balaban J connectivity index is 1.79. The number of carbonyl (C=O) groups excluding carboxylic acids is 1. The number of hydrogen-bond donors (Lipinski definition) is 2. The van der Waals surface area contributed by atoms with E-state index < -0.39 is 0 Å². The number of nitrogen functional groups attached to an aromatic ring is 2. The summed E-state index contributed by atoms with van der Waals surface area (Å²) in [6, 6.07) is 0.411. The van der Waals surface area contributed by atoms with Crippen LogP contribution in [0.15, 0.2) is 6.20 Å². The maximum atomic E-state index is 11.9. The van der Waals surface area contributed by atoms with Crippen LogP contribution in [0.1, 0.15) is 44.6 Å². The van der Waals surface area contributed by atoms with Crippen LogP contribution in [0.25, 0.3) is 0 Å². The summed E-state index contributed by atoms with van der Waals surface area (Å²) < 4.78 is 0. The summed E-state index contributed by atoms with van der Waals surface area (Å²) in [6.45, 7) is 1.65. The molecule has 2 aliphatic heterocycles. The smallest absolute Gasteiger partial charge is 0.221 e. The minimum atomic E-state index is -0.0765. The Morgan fingerprint density at radius 2 is 2.19 bits per heavy atom. The Morgan fingerprint density at radius 1 is 1.48 bits per heavy atom. The van der Waals surface area contributed by atoms with Crippen molar-refractivity contribution in [3.05, 3.63) is 11.8 Å². The third kappa shape index (κ3) is 2.29. The quantitative estimate of drug-likeness (QED) is 0.748. The highest BCUT2D eigenvalue weighted by molar-refractivity contribution is 5.75. The number of rotatable bonds is 1. The minimum Gasteiger partial charge on any atom is -0.382 e. The molecule has 2 fully saturated rings. The van der Waals surface area contributed by atoms with Crippen molar-refractivity contribution in [2.45, 2.75) is 50.6 Å². The maximum Gasteiger partial charge on any atom is 0.221 e. The normalized spacial score (nSPS) is 26.5. The second-order valence-corrected chi connectivity index (χ2v) is 5.85. The van der Waals surface area contributed by atoms with Crippen LogP contribution in [0.2, 0.25) is 0 Å². The SMILES string of the molecule is CC(=O)N1C2CCC1(CC#Cc1cnc(N)nc1N)CC2. The third-order valence-corrected chi connectivity index (χ3v) is 4.58. The first-order valence-corrected chi connectivity index (χ1v) is 7.19. The fourth-order valence-electron chi connectivity index (χ4n) is 3.69. The predicted octanol–water partition coefficient (Wildman–Crippen LogP) is 0.926. The van der Waals surface area contributed by atoms with Crippen LogP contribution in [-0.4, -0.2) is 32.4 Å². The number of nitrogens with zero attached hydrogens (tertiary/aromatic N) is 3. The summed E-state index contributed by atoms with van der Waals surface area (Å²) in [5.41, 5.74) is 11.7. The van der Waals surface area contributed by atoms with Gasteiger partial charge in [0.05, 0.1) is 17.3 Å². The van der Waals surface area contributed by atoms with Crippen LogP contribution < -0.4 is 11.5 Å². The molecule has 1 aromatic heterocycles. The van der Waals surface area contributed by atoms with Crippen molar-refractivity contribution < 1.29 is 4.79 Å². The lowest BCUT2D eigenvalue weighted by Gasteiger charge is -2.32. The van der Waals surface area contributed by atoms with Gasteiger partial charge in [0, 0.05) is 19.4 Å². The molecule has 0 atom stereocenters. The number of amides is 1. The van der Waals surface area contributed by atoms with Gasteiger partial charge in [-0.2, -0.15) is 4.98 Å². The molecule has 1 amide bonds. The van der Waals surface area contributed by atoms with Crippen LogP contribution in [0.5, 0.6) is 0 Å². The molecule has 0 aromatic carbocycles. The first kappa shape index (κ1) is 13.7. The first-order chi connectivity index (χ1) is 10.0. The summed E-state index contributed by atoms with van der Waals surface area (Å²) in [5, 5.41) is 0. The van der Waals surface area contributed by atoms with E-state index in [0.29, 0.717) is 23.8 Å². The molecule has 2 bridgehead atoms. The molecule has 3 rings (SSSR count). The highest BCUT2D eigenvalue weighted by Gasteiger charge is 2.52. The topological polar surface area (TPSA) is 98.1 Å². The van der Waals surface area contributed by atoms with Gasteiger partial charge in [-0.25, -0.2) is 4.98 Å². The van der Waals surface area contributed by atoms with Crippen LogP contribution in [0.4, 0.5) is 11.8 Å². The van der Waals surface area contributed by atoms with E-state index in [1.807, 2.05) is 4.90 Å². The van der Waals surface area contributed by atoms with Gasteiger partial charge in [-0.05, 0) is 25.7 Å². The molecule has 2 aliphatic rings. The van der Waals surface area contributed by atoms with E-state index in [2.05, 4.69) is 21.8 Å². The van der Waals surface area contributed by atoms with Crippen molar-refractivity contribution in [2.24, 2.45) is 0 Å². The summed E-state index contributed by atoms with van der Waals surface area (Å²) in [6.07, 6.45) is 6.48. The van der Waals surface area contributed by atoms with Gasteiger partial charge in [0.15, 0.2) is 0 Å². The maximum absolute atomic E-state index is 11.9. The molecule has 6 heteroatoms. The largest absolute Gasteiger partial charge is 0.382 e. The number of hydrogen-bond acceptors (Lipinski definition) is 5. The summed E-state index contributed by atoms with van der Waals surface area (Å²) in [7, 11) is 0. The summed E-state index contributed by atoms with van der Waals surface area (Å²) in [4.78, 5) is 21.7. The Hall–Kier alpha value is -2.29. The highest BCUT2D eigenvalue weighted by Crippen LogP contribution is 2.48. The van der Waals surface area contributed by atoms with E-state index in [-0.39, 0.29) is 17.4 Å². The van der Waals surface area contributed by atoms with Gasteiger partial charge in [0.1, 0.15) is 5.82 Å². The van der Waals surface area contributed by atoms with Crippen molar-refractivity contribution in [1.82, 2.24) is 14.9 Å². The lowest BCUT2D eigenvalue weighted by atomic mass is 9.85. The molecular formula is C15H19N5O. The monoisotopic (exact) mass is 285 g/mol. The summed E-state index contributed by atoms with van der Waals surface area (Å²) in [5.74, 6) is 6.78. The number of anilines is 2. The zero-order chi connectivity index (χ0) is 15.0. The van der Waals surface area contributed by atoms with Gasteiger partial charge in [-0.1, -0.05) is 11.8 Å². The minimum absolute atomic E-state index is 0.0765. The van der Waals surface area contributed by atoms with Gasteiger partial charge in [-0.15, -0.1) is 0 Å². The van der Waals surface area contributed by atoms with E-state index in [1.54, 1.807) is 6.92 Å². The average Bonchev–Trinajstić information content (AvgIpc) is 2.96. The molecule has 0 radical (unpaired) electrons. The second kappa shape index (κ2) is 4.92. The van der Waals surface area contributed by atoms with Crippen molar-refractivity contribution in [1.29, 1.82) is 0 Å². The molecule has 0 saturated carbocycles. The highest BCUT2D eigenvalue weighted by atomic mass is 16.2.